The predicted octanol–water partition coefficient (Wildman–Crippen LogP) is 4.14. The van der Waals surface area contributed by atoms with Gasteiger partial charge in [-0.25, -0.2) is 4.79 Å². The lowest BCUT2D eigenvalue weighted by Gasteiger charge is -2.15. The van der Waals surface area contributed by atoms with E-state index in [0.717, 1.165) is 28.7 Å². The normalized spacial score (nSPS) is 13.0. The lowest BCUT2D eigenvalue weighted by Crippen LogP contribution is -2.36. The number of hydrogen-bond acceptors (Lipinski definition) is 5. The summed E-state index contributed by atoms with van der Waals surface area (Å²) < 4.78 is 5.48. The number of nitrogens with one attached hydrogen (secondary N) is 3. The van der Waals surface area contributed by atoms with Crippen LogP contribution >= 0.6 is 0 Å². The van der Waals surface area contributed by atoms with Gasteiger partial charge in [0.1, 0.15) is 12.3 Å². The molecule has 0 radical (unpaired) electrons. The molecule has 1 heterocycles. The minimum atomic E-state index is -0.985. The standard InChI is InChI=1S/C25H26N4O5/c1-2-7-15(12-23(30)31)26-24(32)21-13-22(29-28-21)27-25(33)34-14-20-18-10-5-3-8-16(18)17-9-4-6-11-19(17)20/h3-6,8-11,13,15,20H,2,7,12,14H2,1H3,(H,26,32)(H,30,31)(H2,27,28,29,33)/t15-/m0/s1. The van der Waals surface area contributed by atoms with Gasteiger partial charge in [-0.05, 0) is 28.7 Å². The van der Waals surface area contributed by atoms with Gasteiger partial charge in [-0.15, -0.1) is 0 Å². The molecule has 9 heteroatoms. The van der Waals surface area contributed by atoms with Crippen LogP contribution in [0.4, 0.5) is 10.6 Å². The van der Waals surface area contributed by atoms with Crippen molar-refractivity contribution in [3.8, 4) is 11.1 Å². The molecule has 9 nitrogen and oxygen atoms in total. The summed E-state index contributed by atoms with van der Waals surface area (Å²) in [4.78, 5) is 35.8. The molecule has 176 valence electrons. The van der Waals surface area contributed by atoms with E-state index in [-0.39, 0.29) is 30.5 Å². The van der Waals surface area contributed by atoms with Crippen LogP contribution in [0.25, 0.3) is 11.1 Å². The summed E-state index contributed by atoms with van der Waals surface area (Å²) in [6.07, 6.45) is 0.417. The Morgan fingerprint density at radius 2 is 1.74 bits per heavy atom. The van der Waals surface area contributed by atoms with E-state index >= 15 is 0 Å². The number of H-pyrrole nitrogens is 1. The summed E-state index contributed by atoms with van der Waals surface area (Å²) in [6, 6.07) is 17.0. The van der Waals surface area contributed by atoms with Crippen LogP contribution in [0.15, 0.2) is 54.6 Å². The van der Waals surface area contributed by atoms with Gasteiger partial charge in [0.2, 0.25) is 0 Å². The van der Waals surface area contributed by atoms with Gasteiger partial charge >= 0.3 is 12.1 Å². The lowest BCUT2D eigenvalue weighted by molar-refractivity contribution is -0.137. The molecule has 0 aliphatic heterocycles. The number of ether oxygens (including phenoxy) is 1. The molecule has 2 amide bonds. The Morgan fingerprint density at radius 1 is 1.09 bits per heavy atom. The highest BCUT2D eigenvalue weighted by Gasteiger charge is 2.29. The number of carbonyl (C=O) groups is 3. The molecule has 1 aliphatic carbocycles. The van der Waals surface area contributed by atoms with E-state index in [1.165, 1.54) is 6.07 Å². The number of hydrogen-bond donors (Lipinski definition) is 4. The maximum atomic E-state index is 12.4. The van der Waals surface area contributed by atoms with Crippen molar-refractivity contribution in [2.24, 2.45) is 0 Å². The van der Waals surface area contributed by atoms with Crippen LogP contribution in [0.5, 0.6) is 0 Å². The van der Waals surface area contributed by atoms with Crippen molar-refractivity contribution in [1.29, 1.82) is 0 Å². The number of aromatic nitrogens is 2. The zero-order valence-corrected chi connectivity index (χ0v) is 18.7. The first kappa shape index (κ1) is 23.0. The molecule has 1 aromatic heterocycles. The Bertz CT molecular complexity index is 1160. The second-order valence-electron chi connectivity index (χ2n) is 8.17. The lowest BCUT2D eigenvalue weighted by atomic mass is 9.98. The fraction of sp³-hybridized carbons (Fsp3) is 0.280. The number of carboxylic acid groups (broad SMARTS) is 1. The van der Waals surface area contributed by atoms with Gasteiger partial charge in [-0.3, -0.25) is 20.0 Å². The number of nitrogens with zero attached hydrogens (tertiary/aromatic N) is 1. The zero-order chi connectivity index (χ0) is 24.1. The van der Waals surface area contributed by atoms with Gasteiger partial charge in [0, 0.05) is 18.0 Å². The van der Waals surface area contributed by atoms with E-state index in [1.807, 2.05) is 43.3 Å². The van der Waals surface area contributed by atoms with Gasteiger partial charge < -0.3 is 15.2 Å². The number of fused-ring (bicyclic) bond motifs is 3. The van der Waals surface area contributed by atoms with E-state index in [0.29, 0.717) is 6.42 Å². The van der Waals surface area contributed by atoms with Crippen LogP contribution in [0.1, 0.15) is 53.7 Å². The van der Waals surface area contributed by atoms with Crippen LogP contribution in [0.2, 0.25) is 0 Å². The fourth-order valence-corrected chi connectivity index (χ4v) is 4.29. The van der Waals surface area contributed by atoms with Crippen LogP contribution < -0.4 is 10.6 Å². The van der Waals surface area contributed by atoms with E-state index < -0.39 is 24.0 Å². The van der Waals surface area contributed by atoms with Gasteiger partial charge in [-0.2, -0.15) is 5.10 Å². The predicted molar refractivity (Wildman–Crippen MR) is 126 cm³/mol. The molecule has 4 N–H and O–H groups in total. The van der Waals surface area contributed by atoms with Crippen molar-refractivity contribution in [2.75, 3.05) is 11.9 Å². The van der Waals surface area contributed by atoms with E-state index in [9.17, 15) is 14.4 Å². The van der Waals surface area contributed by atoms with Gasteiger partial charge in [0.05, 0.1) is 6.42 Å². The molecule has 0 spiro atoms. The molecule has 2 aromatic carbocycles. The Balaban J connectivity index is 1.35. The summed E-state index contributed by atoms with van der Waals surface area (Å²) in [5.41, 5.74) is 4.61. The number of benzene rings is 2. The van der Waals surface area contributed by atoms with Crippen LogP contribution in [-0.2, 0) is 9.53 Å². The van der Waals surface area contributed by atoms with Crippen molar-refractivity contribution in [1.82, 2.24) is 15.5 Å². The third-order valence-corrected chi connectivity index (χ3v) is 5.79. The molecule has 4 rings (SSSR count). The average Bonchev–Trinajstić information content (AvgIpc) is 3.40. The molecule has 0 fully saturated rings. The number of aliphatic carboxylic acids is 1. The summed E-state index contributed by atoms with van der Waals surface area (Å²) in [6.45, 7) is 2.07. The number of aromatic amines is 1. The topological polar surface area (TPSA) is 133 Å². The van der Waals surface area contributed by atoms with Gasteiger partial charge in [0.15, 0.2) is 5.82 Å². The number of rotatable bonds is 9. The van der Waals surface area contributed by atoms with Crippen molar-refractivity contribution in [3.05, 3.63) is 71.4 Å². The van der Waals surface area contributed by atoms with Gasteiger partial charge in [0.25, 0.3) is 5.91 Å². The summed E-state index contributed by atoms with van der Waals surface area (Å²) >= 11 is 0. The molecule has 34 heavy (non-hydrogen) atoms. The first-order valence-corrected chi connectivity index (χ1v) is 11.2. The van der Waals surface area contributed by atoms with E-state index in [1.54, 1.807) is 0 Å². The average molecular weight is 463 g/mol. The SMILES string of the molecule is CCC[C@@H](CC(=O)O)NC(=O)c1cc(NC(=O)OCC2c3ccccc3-c3ccccc32)n[nH]1. The van der Waals surface area contributed by atoms with Crippen molar-refractivity contribution >= 4 is 23.8 Å². The molecule has 0 saturated carbocycles. The molecule has 1 aliphatic rings. The fourth-order valence-electron chi connectivity index (χ4n) is 4.29. The maximum Gasteiger partial charge on any atom is 0.412 e. The largest absolute Gasteiger partial charge is 0.481 e. The highest BCUT2D eigenvalue weighted by atomic mass is 16.5. The quantitative estimate of drug-likeness (QED) is 0.378. The summed E-state index contributed by atoms with van der Waals surface area (Å²) in [5.74, 6) is -1.41. The van der Waals surface area contributed by atoms with Crippen molar-refractivity contribution < 1.29 is 24.2 Å². The number of carbonyl (C=O) groups excluding carboxylic acids is 2. The van der Waals surface area contributed by atoms with Crippen molar-refractivity contribution in [2.45, 2.75) is 38.1 Å². The second-order valence-corrected chi connectivity index (χ2v) is 8.17. The van der Waals surface area contributed by atoms with Crippen LogP contribution in [-0.4, -0.2) is 45.9 Å². The highest BCUT2D eigenvalue weighted by molar-refractivity contribution is 5.94. The molecular weight excluding hydrogens is 436 g/mol. The molecule has 0 saturated heterocycles. The molecule has 3 aromatic rings. The summed E-state index contributed by atoms with van der Waals surface area (Å²) in [5, 5.41) is 20.7. The Hall–Kier alpha value is -4.14. The number of anilines is 1. The van der Waals surface area contributed by atoms with Crippen LogP contribution in [0.3, 0.4) is 0 Å². The van der Waals surface area contributed by atoms with E-state index in [2.05, 4.69) is 33.0 Å². The zero-order valence-electron chi connectivity index (χ0n) is 18.7. The molecule has 0 unspecified atom stereocenters. The first-order valence-electron chi connectivity index (χ1n) is 11.2. The Kier molecular flexibility index (Phi) is 6.91. The highest BCUT2D eigenvalue weighted by Crippen LogP contribution is 2.44. The first-order chi connectivity index (χ1) is 16.5. The maximum absolute atomic E-state index is 12.4. The summed E-state index contributed by atoms with van der Waals surface area (Å²) in [7, 11) is 0. The van der Waals surface area contributed by atoms with E-state index in [4.69, 9.17) is 9.84 Å². The molecular formula is C25H26N4O5. The number of amides is 2. The van der Waals surface area contributed by atoms with Crippen molar-refractivity contribution in [3.63, 3.8) is 0 Å². The Labute approximate surface area is 196 Å². The van der Waals surface area contributed by atoms with Crippen LogP contribution in [0, 0.1) is 0 Å². The number of carboxylic acids is 1. The minimum Gasteiger partial charge on any atom is -0.481 e. The third-order valence-electron chi connectivity index (χ3n) is 5.79. The van der Waals surface area contributed by atoms with Gasteiger partial charge in [-0.1, -0.05) is 61.9 Å². The third kappa shape index (κ3) is 5.09. The second kappa shape index (κ2) is 10.2. The monoisotopic (exact) mass is 462 g/mol. The smallest absolute Gasteiger partial charge is 0.412 e. The molecule has 0 bridgehead atoms. The Morgan fingerprint density at radius 3 is 2.35 bits per heavy atom. The minimum absolute atomic E-state index is 0.0663. The molecule has 1 atom stereocenters.